The molecule has 2 aromatic heterocycles. The molecule has 108 valence electrons. The summed E-state index contributed by atoms with van der Waals surface area (Å²) >= 11 is 1.59. The van der Waals surface area contributed by atoms with Crippen LogP contribution in [0, 0.1) is 5.92 Å². The third kappa shape index (κ3) is 3.68. The van der Waals surface area contributed by atoms with Crippen molar-refractivity contribution in [3.05, 3.63) is 29.3 Å². The van der Waals surface area contributed by atoms with E-state index >= 15 is 0 Å². The lowest BCUT2D eigenvalue weighted by molar-refractivity contribution is 0.0915. The number of nitrogens with zero attached hydrogens (tertiary/aromatic N) is 1. The van der Waals surface area contributed by atoms with Gasteiger partial charge in [0.2, 0.25) is 0 Å². The van der Waals surface area contributed by atoms with Crippen molar-refractivity contribution in [2.75, 3.05) is 6.54 Å². The van der Waals surface area contributed by atoms with E-state index in [9.17, 15) is 9.90 Å². The second-order valence-corrected chi connectivity index (χ2v) is 5.95. The minimum atomic E-state index is -0.392. The van der Waals surface area contributed by atoms with Crippen LogP contribution in [0.4, 0.5) is 0 Å². The molecule has 0 aliphatic rings. The topological polar surface area (TPSA) is 78.0 Å². The molecule has 0 spiro atoms. The zero-order chi connectivity index (χ0) is 14.5. The monoisotopic (exact) mass is 293 g/mol. The van der Waals surface area contributed by atoms with Gasteiger partial charge in [0.25, 0.3) is 5.91 Å². The molecule has 0 aliphatic heterocycles. The summed E-state index contributed by atoms with van der Waals surface area (Å²) in [5, 5.41) is 21.3. The van der Waals surface area contributed by atoms with E-state index in [0.717, 1.165) is 10.6 Å². The second-order valence-electron chi connectivity index (χ2n) is 5.00. The molecule has 6 heteroatoms. The number of hydrogen-bond acceptors (Lipinski definition) is 4. The average Bonchev–Trinajstić information content (AvgIpc) is 3.08. The van der Waals surface area contributed by atoms with Crippen molar-refractivity contribution in [2.45, 2.75) is 26.4 Å². The van der Waals surface area contributed by atoms with Crippen LogP contribution < -0.4 is 5.32 Å². The number of carbonyl (C=O) groups excluding carboxylic acids is 1. The number of aromatic amines is 1. The Hall–Kier alpha value is -1.66. The second kappa shape index (κ2) is 6.67. The largest absolute Gasteiger partial charge is 0.393 e. The SMILES string of the molecule is CC(C)C(O)CCNC(=O)c1cc(-c2cccs2)[nH]n1. The molecule has 5 nitrogen and oxygen atoms in total. The van der Waals surface area contributed by atoms with Crippen LogP contribution in [0.1, 0.15) is 30.8 Å². The fourth-order valence-electron chi connectivity index (χ4n) is 1.75. The highest BCUT2D eigenvalue weighted by Gasteiger charge is 2.13. The maximum Gasteiger partial charge on any atom is 0.271 e. The number of rotatable bonds is 6. The van der Waals surface area contributed by atoms with Crippen LogP contribution in [0.3, 0.4) is 0 Å². The third-order valence-electron chi connectivity index (χ3n) is 3.09. The summed E-state index contributed by atoms with van der Waals surface area (Å²) < 4.78 is 0. The summed E-state index contributed by atoms with van der Waals surface area (Å²) in [4.78, 5) is 13.0. The Kier molecular flexibility index (Phi) is 4.92. The van der Waals surface area contributed by atoms with Crippen molar-refractivity contribution < 1.29 is 9.90 Å². The summed E-state index contributed by atoms with van der Waals surface area (Å²) in [6.07, 6.45) is 0.155. The molecule has 2 heterocycles. The Morgan fingerprint density at radius 3 is 3.00 bits per heavy atom. The van der Waals surface area contributed by atoms with Crippen LogP contribution >= 0.6 is 11.3 Å². The molecular weight excluding hydrogens is 274 g/mol. The summed E-state index contributed by atoms with van der Waals surface area (Å²) in [5.74, 6) is -0.0253. The van der Waals surface area contributed by atoms with Gasteiger partial charge in [0.1, 0.15) is 0 Å². The molecule has 0 bridgehead atoms. The Morgan fingerprint density at radius 1 is 1.55 bits per heavy atom. The zero-order valence-corrected chi connectivity index (χ0v) is 12.4. The van der Waals surface area contributed by atoms with E-state index < -0.39 is 6.10 Å². The Bertz CT molecular complexity index is 549. The lowest BCUT2D eigenvalue weighted by Crippen LogP contribution is -2.28. The smallest absolute Gasteiger partial charge is 0.271 e. The highest BCUT2D eigenvalue weighted by molar-refractivity contribution is 7.13. The first-order valence-corrected chi connectivity index (χ1v) is 7.51. The zero-order valence-electron chi connectivity index (χ0n) is 11.6. The molecular formula is C14H19N3O2S. The molecule has 0 saturated heterocycles. The van der Waals surface area contributed by atoms with Gasteiger partial charge in [-0.25, -0.2) is 0 Å². The third-order valence-corrected chi connectivity index (χ3v) is 4.00. The maximum absolute atomic E-state index is 11.9. The number of H-pyrrole nitrogens is 1. The predicted molar refractivity (Wildman–Crippen MR) is 79.7 cm³/mol. The van der Waals surface area contributed by atoms with Gasteiger partial charge in [-0.3, -0.25) is 9.89 Å². The van der Waals surface area contributed by atoms with E-state index in [1.807, 2.05) is 31.4 Å². The van der Waals surface area contributed by atoms with Crippen molar-refractivity contribution in [2.24, 2.45) is 5.92 Å². The van der Waals surface area contributed by atoms with Gasteiger partial charge >= 0.3 is 0 Å². The summed E-state index contributed by atoms with van der Waals surface area (Å²) in [6, 6.07) is 5.66. The minimum absolute atomic E-state index is 0.197. The molecule has 2 rings (SSSR count). The number of aliphatic hydroxyl groups excluding tert-OH is 1. The Labute approximate surface area is 122 Å². The quantitative estimate of drug-likeness (QED) is 0.764. The van der Waals surface area contributed by atoms with E-state index in [4.69, 9.17) is 0 Å². The first kappa shape index (κ1) is 14.7. The van der Waals surface area contributed by atoms with E-state index in [0.29, 0.717) is 18.7 Å². The van der Waals surface area contributed by atoms with Gasteiger partial charge in [-0.2, -0.15) is 5.10 Å². The lowest BCUT2D eigenvalue weighted by Gasteiger charge is -2.13. The predicted octanol–water partition coefficient (Wildman–Crippen LogP) is 2.27. The Balaban J connectivity index is 1.87. The van der Waals surface area contributed by atoms with Crippen LogP contribution in [-0.4, -0.2) is 33.9 Å². The van der Waals surface area contributed by atoms with Crippen LogP contribution in [0.15, 0.2) is 23.6 Å². The number of nitrogens with one attached hydrogen (secondary N) is 2. The summed E-state index contributed by atoms with van der Waals surface area (Å²) in [5.41, 5.74) is 1.21. The normalized spacial score (nSPS) is 12.6. The molecule has 3 N–H and O–H groups in total. The van der Waals surface area contributed by atoms with E-state index in [1.165, 1.54) is 0 Å². The fourth-order valence-corrected chi connectivity index (χ4v) is 2.45. The lowest BCUT2D eigenvalue weighted by atomic mass is 10.0. The number of hydrogen-bond donors (Lipinski definition) is 3. The van der Waals surface area contributed by atoms with Gasteiger partial charge in [0.05, 0.1) is 16.7 Å². The highest BCUT2D eigenvalue weighted by atomic mass is 32.1. The van der Waals surface area contributed by atoms with Gasteiger partial charge in [-0.15, -0.1) is 11.3 Å². The van der Waals surface area contributed by atoms with Gasteiger partial charge < -0.3 is 10.4 Å². The molecule has 0 aliphatic carbocycles. The van der Waals surface area contributed by atoms with Crippen molar-refractivity contribution >= 4 is 17.2 Å². The van der Waals surface area contributed by atoms with Crippen molar-refractivity contribution in [3.63, 3.8) is 0 Å². The molecule has 0 radical (unpaired) electrons. The number of thiophene rings is 1. The Morgan fingerprint density at radius 2 is 2.35 bits per heavy atom. The first-order valence-electron chi connectivity index (χ1n) is 6.63. The fraction of sp³-hybridized carbons (Fsp3) is 0.429. The molecule has 20 heavy (non-hydrogen) atoms. The number of amides is 1. The van der Waals surface area contributed by atoms with Crippen molar-refractivity contribution in [1.82, 2.24) is 15.5 Å². The van der Waals surface area contributed by atoms with Gasteiger partial charge in [-0.05, 0) is 29.9 Å². The van der Waals surface area contributed by atoms with Crippen LogP contribution in [-0.2, 0) is 0 Å². The molecule has 2 aromatic rings. The first-order chi connectivity index (χ1) is 9.58. The van der Waals surface area contributed by atoms with E-state index in [-0.39, 0.29) is 11.8 Å². The molecule has 1 atom stereocenters. The molecule has 1 unspecified atom stereocenters. The van der Waals surface area contributed by atoms with Crippen molar-refractivity contribution in [3.8, 4) is 10.6 Å². The molecule has 1 amide bonds. The van der Waals surface area contributed by atoms with Crippen molar-refractivity contribution in [1.29, 1.82) is 0 Å². The summed E-state index contributed by atoms with van der Waals surface area (Å²) in [6.45, 7) is 4.35. The number of aromatic nitrogens is 2. The molecule has 0 fully saturated rings. The maximum atomic E-state index is 11.9. The summed E-state index contributed by atoms with van der Waals surface area (Å²) in [7, 11) is 0. The highest BCUT2D eigenvalue weighted by Crippen LogP contribution is 2.22. The molecule has 0 saturated carbocycles. The average molecular weight is 293 g/mol. The minimum Gasteiger partial charge on any atom is -0.393 e. The number of carbonyl (C=O) groups is 1. The standard InChI is InChI=1S/C14H19N3O2S/c1-9(2)12(18)5-6-15-14(19)11-8-10(16-17-11)13-4-3-7-20-13/h3-4,7-9,12,18H,5-6H2,1-2H3,(H,15,19)(H,16,17). The van der Waals surface area contributed by atoms with E-state index in [1.54, 1.807) is 17.4 Å². The van der Waals surface area contributed by atoms with Gasteiger partial charge in [0, 0.05) is 6.54 Å². The van der Waals surface area contributed by atoms with Crippen LogP contribution in [0.5, 0.6) is 0 Å². The van der Waals surface area contributed by atoms with Crippen LogP contribution in [0.2, 0.25) is 0 Å². The number of aliphatic hydroxyl groups is 1. The van der Waals surface area contributed by atoms with E-state index in [2.05, 4.69) is 15.5 Å². The molecule has 0 aromatic carbocycles. The van der Waals surface area contributed by atoms with Crippen LogP contribution in [0.25, 0.3) is 10.6 Å². The van der Waals surface area contributed by atoms with Gasteiger partial charge in [-0.1, -0.05) is 19.9 Å². The van der Waals surface area contributed by atoms with Gasteiger partial charge in [0.15, 0.2) is 5.69 Å².